The zero-order valence-corrected chi connectivity index (χ0v) is 11.5. The van der Waals surface area contributed by atoms with Crippen LogP contribution in [0.2, 0.25) is 5.02 Å². The first kappa shape index (κ1) is 14.0. The molecule has 1 fully saturated rings. The molecule has 0 radical (unpaired) electrons. The number of hydrogen-bond acceptors (Lipinski definition) is 4. The van der Waals surface area contributed by atoms with Crippen LogP contribution in [-0.2, 0) is 4.74 Å². The number of anilines is 2. The third-order valence-electron chi connectivity index (χ3n) is 3.23. The molecule has 0 amide bonds. The molecule has 1 aliphatic rings. The van der Waals surface area contributed by atoms with Crippen LogP contribution in [-0.4, -0.2) is 36.9 Å². The molecule has 1 aromatic rings. The molecular formula is C13H17ClN2O3. The number of nitrogens with two attached hydrogens (primary N) is 1. The van der Waals surface area contributed by atoms with Crippen molar-refractivity contribution in [3.8, 4) is 0 Å². The number of halogens is 1. The summed E-state index contributed by atoms with van der Waals surface area (Å²) < 4.78 is 5.59. The Morgan fingerprint density at radius 2 is 2.37 bits per heavy atom. The van der Waals surface area contributed by atoms with Crippen molar-refractivity contribution >= 4 is 28.9 Å². The van der Waals surface area contributed by atoms with Crippen molar-refractivity contribution in [3.63, 3.8) is 0 Å². The first-order valence-corrected chi connectivity index (χ1v) is 6.59. The number of rotatable bonds is 3. The number of carbonyl (C=O) groups is 1. The molecule has 1 aliphatic heterocycles. The van der Waals surface area contributed by atoms with E-state index in [0.717, 1.165) is 6.42 Å². The lowest BCUT2D eigenvalue weighted by Crippen LogP contribution is -2.43. The van der Waals surface area contributed by atoms with Crippen LogP contribution in [0.5, 0.6) is 0 Å². The fraction of sp³-hybridized carbons (Fsp3) is 0.462. The molecule has 0 saturated carbocycles. The molecule has 104 valence electrons. The number of morpholine rings is 1. The van der Waals surface area contributed by atoms with Gasteiger partial charge in [0, 0.05) is 18.8 Å². The molecule has 6 heteroatoms. The Balaban J connectivity index is 2.40. The number of aromatic carboxylic acids is 1. The molecule has 1 saturated heterocycles. The van der Waals surface area contributed by atoms with E-state index >= 15 is 0 Å². The lowest BCUT2D eigenvalue weighted by atomic mass is 10.1. The van der Waals surface area contributed by atoms with Crippen LogP contribution in [0.25, 0.3) is 0 Å². The second kappa shape index (κ2) is 5.67. The highest BCUT2D eigenvalue weighted by molar-refractivity contribution is 6.34. The number of nitrogen functional groups attached to an aromatic ring is 1. The Hall–Kier alpha value is -1.46. The van der Waals surface area contributed by atoms with Crippen molar-refractivity contribution in [2.24, 2.45) is 0 Å². The third kappa shape index (κ3) is 2.93. The normalized spacial score (nSPS) is 19.5. The van der Waals surface area contributed by atoms with Crippen molar-refractivity contribution in [2.45, 2.75) is 19.4 Å². The number of ether oxygens (including phenoxy) is 1. The maximum absolute atomic E-state index is 11.3. The van der Waals surface area contributed by atoms with Gasteiger partial charge in [-0.3, -0.25) is 0 Å². The predicted octanol–water partition coefficient (Wildman–Crippen LogP) is 2.24. The van der Waals surface area contributed by atoms with Gasteiger partial charge in [-0.05, 0) is 18.6 Å². The molecule has 0 bridgehead atoms. The van der Waals surface area contributed by atoms with Gasteiger partial charge < -0.3 is 20.5 Å². The predicted molar refractivity (Wildman–Crippen MR) is 75.1 cm³/mol. The fourth-order valence-corrected chi connectivity index (χ4v) is 2.62. The lowest BCUT2D eigenvalue weighted by Gasteiger charge is -2.35. The molecular weight excluding hydrogens is 268 g/mol. The van der Waals surface area contributed by atoms with Gasteiger partial charge in [-0.1, -0.05) is 18.5 Å². The molecule has 0 spiro atoms. The third-order valence-corrected chi connectivity index (χ3v) is 3.51. The first-order chi connectivity index (χ1) is 9.02. The Labute approximate surface area is 116 Å². The number of benzene rings is 1. The van der Waals surface area contributed by atoms with E-state index in [-0.39, 0.29) is 11.7 Å². The Bertz CT molecular complexity index is 493. The first-order valence-electron chi connectivity index (χ1n) is 6.21. The summed E-state index contributed by atoms with van der Waals surface area (Å²) in [7, 11) is 0. The van der Waals surface area contributed by atoms with Gasteiger partial charge >= 0.3 is 5.97 Å². The number of nitrogens with zero attached hydrogens (tertiary/aromatic N) is 1. The maximum atomic E-state index is 11.3. The number of carboxylic acid groups (broad SMARTS) is 1. The summed E-state index contributed by atoms with van der Waals surface area (Å²) in [5, 5.41) is 9.67. The summed E-state index contributed by atoms with van der Waals surface area (Å²) in [6.45, 7) is 3.87. The van der Waals surface area contributed by atoms with E-state index in [2.05, 4.69) is 0 Å². The van der Waals surface area contributed by atoms with Crippen molar-refractivity contribution in [1.82, 2.24) is 0 Å². The smallest absolute Gasteiger partial charge is 0.337 e. The van der Waals surface area contributed by atoms with Gasteiger partial charge in [-0.25, -0.2) is 4.79 Å². The van der Waals surface area contributed by atoms with Crippen molar-refractivity contribution in [3.05, 3.63) is 22.7 Å². The zero-order chi connectivity index (χ0) is 14.0. The summed E-state index contributed by atoms with van der Waals surface area (Å²) in [4.78, 5) is 13.3. The maximum Gasteiger partial charge on any atom is 0.337 e. The molecule has 0 aliphatic carbocycles. The number of hydrogen-bond donors (Lipinski definition) is 2. The highest BCUT2D eigenvalue weighted by Crippen LogP contribution is 2.33. The van der Waals surface area contributed by atoms with Gasteiger partial charge in [0.1, 0.15) is 0 Å². The standard InChI is InChI=1S/C13H17ClN2O3/c1-2-9-7-16(3-4-19-9)12-10(13(17)18)5-8(15)6-11(12)14/h5-6,9H,2-4,7,15H2,1H3,(H,17,18). The van der Waals surface area contributed by atoms with E-state index in [1.54, 1.807) is 6.07 Å². The van der Waals surface area contributed by atoms with Crippen LogP contribution < -0.4 is 10.6 Å². The Kier molecular flexibility index (Phi) is 4.17. The molecule has 1 unspecified atom stereocenters. The van der Waals surface area contributed by atoms with Crippen LogP contribution in [0, 0.1) is 0 Å². The molecule has 0 aromatic heterocycles. The van der Waals surface area contributed by atoms with Gasteiger partial charge in [0.15, 0.2) is 0 Å². The van der Waals surface area contributed by atoms with Crippen molar-refractivity contribution in [2.75, 3.05) is 30.3 Å². The topological polar surface area (TPSA) is 75.8 Å². The minimum Gasteiger partial charge on any atom is -0.478 e. The number of carboxylic acids is 1. The van der Waals surface area contributed by atoms with Gasteiger partial charge in [0.25, 0.3) is 0 Å². The van der Waals surface area contributed by atoms with E-state index in [0.29, 0.717) is 36.1 Å². The summed E-state index contributed by atoms with van der Waals surface area (Å²) in [6, 6.07) is 3.03. The largest absolute Gasteiger partial charge is 0.478 e. The molecule has 5 nitrogen and oxygen atoms in total. The van der Waals surface area contributed by atoms with E-state index in [4.69, 9.17) is 22.1 Å². The Morgan fingerprint density at radius 3 is 3.00 bits per heavy atom. The lowest BCUT2D eigenvalue weighted by molar-refractivity contribution is 0.0382. The van der Waals surface area contributed by atoms with Gasteiger partial charge in [0.2, 0.25) is 0 Å². The van der Waals surface area contributed by atoms with Gasteiger partial charge in [-0.2, -0.15) is 0 Å². The second-order valence-electron chi connectivity index (χ2n) is 4.55. The van der Waals surface area contributed by atoms with E-state index < -0.39 is 5.97 Å². The van der Waals surface area contributed by atoms with E-state index in [9.17, 15) is 9.90 Å². The van der Waals surface area contributed by atoms with Gasteiger partial charge in [-0.15, -0.1) is 0 Å². The highest BCUT2D eigenvalue weighted by atomic mass is 35.5. The molecule has 1 aromatic carbocycles. The molecule has 1 atom stereocenters. The molecule has 2 rings (SSSR count). The van der Waals surface area contributed by atoms with Crippen molar-refractivity contribution < 1.29 is 14.6 Å². The van der Waals surface area contributed by atoms with Crippen molar-refractivity contribution in [1.29, 1.82) is 0 Å². The molecule has 19 heavy (non-hydrogen) atoms. The Morgan fingerprint density at radius 1 is 1.63 bits per heavy atom. The minimum absolute atomic E-state index is 0.101. The average molecular weight is 285 g/mol. The minimum atomic E-state index is -1.02. The van der Waals surface area contributed by atoms with E-state index in [1.807, 2.05) is 11.8 Å². The fourth-order valence-electron chi connectivity index (χ4n) is 2.27. The molecule has 3 N–H and O–H groups in total. The quantitative estimate of drug-likeness (QED) is 0.833. The monoisotopic (exact) mass is 284 g/mol. The summed E-state index contributed by atoms with van der Waals surface area (Å²) in [6.07, 6.45) is 0.981. The zero-order valence-electron chi connectivity index (χ0n) is 10.7. The van der Waals surface area contributed by atoms with E-state index in [1.165, 1.54) is 6.07 Å². The second-order valence-corrected chi connectivity index (χ2v) is 4.96. The van der Waals surface area contributed by atoms with Gasteiger partial charge in [0.05, 0.1) is 29.0 Å². The summed E-state index contributed by atoms with van der Waals surface area (Å²) in [5.41, 5.74) is 6.68. The van der Waals surface area contributed by atoms with Crippen LogP contribution in [0.3, 0.4) is 0 Å². The average Bonchev–Trinajstić information content (AvgIpc) is 2.37. The highest BCUT2D eigenvalue weighted by Gasteiger charge is 2.25. The van der Waals surface area contributed by atoms with Crippen LogP contribution >= 0.6 is 11.6 Å². The SMILES string of the molecule is CCC1CN(c2c(Cl)cc(N)cc2C(=O)O)CCO1. The summed E-state index contributed by atoms with van der Waals surface area (Å²) >= 11 is 6.18. The van der Waals surface area contributed by atoms with Crippen LogP contribution in [0.4, 0.5) is 11.4 Å². The van der Waals surface area contributed by atoms with Crippen LogP contribution in [0.15, 0.2) is 12.1 Å². The van der Waals surface area contributed by atoms with Crippen LogP contribution in [0.1, 0.15) is 23.7 Å². The molecule has 1 heterocycles. The summed E-state index contributed by atoms with van der Waals surface area (Å²) in [5.74, 6) is -1.02.